The number of hydrogen-bond donors (Lipinski definition) is 2. The minimum absolute atomic E-state index is 0.245. The van der Waals surface area contributed by atoms with Crippen molar-refractivity contribution in [1.82, 2.24) is 10.3 Å². The van der Waals surface area contributed by atoms with Crippen molar-refractivity contribution < 1.29 is 14.3 Å². The van der Waals surface area contributed by atoms with E-state index in [1.54, 1.807) is 37.6 Å². The molecule has 0 unspecified atom stereocenters. The third-order valence-corrected chi connectivity index (χ3v) is 5.84. The fourth-order valence-electron chi connectivity index (χ4n) is 3.04. The third-order valence-electron chi connectivity index (χ3n) is 4.61. The van der Waals surface area contributed by atoms with Gasteiger partial charge in [-0.15, -0.1) is 0 Å². The Morgan fingerprint density at radius 3 is 2.94 bits per heavy atom. The lowest BCUT2D eigenvalue weighted by Gasteiger charge is -2.10. The van der Waals surface area contributed by atoms with E-state index in [0.29, 0.717) is 39.5 Å². The molecule has 1 aliphatic heterocycles. The first-order valence-electron chi connectivity index (χ1n) is 9.74. The minimum Gasteiger partial charge on any atom is -0.383 e. The highest BCUT2D eigenvalue weighted by Crippen LogP contribution is 2.32. The zero-order valence-electron chi connectivity index (χ0n) is 17.1. The van der Waals surface area contributed by atoms with Crippen LogP contribution in [0, 0.1) is 0 Å². The van der Waals surface area contributed by atoms with Crippen molar-refractivity contribution in [3.05, 3.63) is 75.8 Å². The number of aromatic nitrogens is 1. The van der Waals surface area contributed by atoms with Crippen molar-refractivity contribution in [3.63, 3.8) is 0 Å². The lowest BCUT2D eigenvalue weighted by Crippen LogP contribution is -2.27. The first-order chi connectivity index (χ1) is 15.5. The van der Waals surface area contributed by atoms with Crippen LogP contribution in [0.1, 0.15) is 15.9 Å². The number of pyridine rings is 1. The predicted molar refractivity (Wildman–Crippen MR) is 129 cm³/mol. The molecule has 7 nitrogen and oxygen atoms in total. The SMILES string of the molecule is COCCNC(=O)c1ccc(Cl)c(NC2=NC(=O)C(=Cc3ccc4ncccc4c3)S2)c1. The van der Waals surface area contributed by atoms with Gasteiger partial charge in [-0.1, -0.05) is 23.7 Å². The first kappa shape index (κ1) is 22.0. The molecule has 0 saturated carbocycles. The zero-order valence-corrected chi connectivity index (χ0v) is 18.7. The molecule has 0 fully saturated rings. The summed E-state index contributed by atoms with van der Waals surface area (Å²) in [6, 6.07) is 14.5. The van der Waals surface area contributed by atoms with Crippen LogP contribution in [0.5, 0.6) is 0 Å². The molecule has 1 aliphatic rings. The molecule has 0 saturated heterocycles. The number of amidine groups is 1. The molecule has 3 aromatic rings. The Bertz CT molecular complexity index is 1260. The molecule has 0 bridgehead atoms. The zero-order chi connectivity index (χ0) is 22.5. The Morgan fingerprint density at radius 2 is 2.09 bits per heavy atom. The number of carbonyl (C=O) groups is 2. The number of amides is 2. The van der Waals surface area contributed by atoms with E-state index >= 15 is 0 Å². The van der Waals surface area contributed by atoms with Crippen LogP contribution in [0.25, 0.3) is 17.0 Å². The maximum absolute atomic E-state index is 12.4. The van der Waals surface area contributed by atoms with Gasteiger partial charge in [0.05, 0.1) is 27.7 Å². The number of aliphatic imine (C=N–C) groups is 1. The second-order valence-electron chi connectivity index (χ2n) is 6.86. The fraction of sp³-hybridized carbons (Fsp3) is 0.130. The number of ether oxygens (including phenoxy) is 1. The highest BCUT2D eigenvalue weighted by molar-refractivity contribution is 8.18. The van der Waals surface area contributed by atoms with E-state index in [1.807, 2.05) is 30.3 Å². The van der Waals surface area contributed by atoms with Crippen molar-refractivity contribution in [2.45, 2.75) is 0 Å². The Hall–Kier alpha value is -3.20. The van der Waals surface area contributed by atoms with Gasteiger partial charge in [0.1, 0.15) is 0 Å². The Balaban J connectivity index is 1.48. The van der Waals surface area contributed by atoms with Gasteiger partial charge < -0.3 is 15.4 Å². The number of hydrogen-bond acceptors (Lipinski definition) is 6. The van der Waals surface area contributed by atoms with Crippen LogP contribution in [0.2, 0.25) is 5.02 Å². The van der Waals surface area contributed by atoms with Crippen LogP contribution in [-0.4, -0.2) is 42.2 Å². The van der Waals surface area contributed by atoms with E-state index in [2.05, 4.69) is 20.6 Å². The number of halogens is 1. The molecule has 9 heteroatoms. The van der Waals surface area contributed by atoms with Gasteiger partial charge in [0.2, 0.25) is 0 Å². The quantitative estimate of drug-likeness (QED) is 0.414. The minimum atomic E-state index is -0.339. The lowest BCUT2D eigenvalue weighted by molar-refractivity contribution is -0.113. The summed E-state index contributed by atoms with van der Waals surface area (Å²) in [5, 5.41) is 7.60. The summed E-state index contributed by atoms with van der Waals surface area (Å²) in [5.41, 5.74) is 2.69. The summed E-state index contributed by atoms with van der Waals surface area (Å²) in [6.07, 6.45) is 3.53. The lowest BCUT2D eigenvalue weighted by atomic mass is 10.1. The van der Waals surface area contributed by atoms with E-state index in [1.165, 1.54) is 11.8 Å². The summed E-state index contributed by atoms with van der Waals surface area (Å²) in [4.78, 5) is 33.6. The average Bonchev–Trinajstić information content (AvgIpc) is 3.13. The van der Waals surface area contributed by atoms with E-state index in [4.69, 9.17) is 16.3 Å². The van der Waals surface area contributed by atoms with E-state index in [-0.39, 0.29) is 11.8 Å². The van der Waals surface area contributed by atoms with Crippen molar-refractivity contribution in [2.24, 2.45) is 4.99 Å². The van der Waals surface area contributed by atoms with E-state index < -0.39 is 0 Å². The van der Waals surface area contributed by atoms with Crippen LogP contribution in [0.15, 0.2) is 64.6 Å². The second-order valence-corrected chi connectivity index (χ2v) is 8.29. The van der Waals surface area contributed by atoms with Gasteiger partial charge in [-0.3, -0.25) is 14.6 Å². The molecular formula is C23H19ClN4O3S. The van der Waals surface area contributed by atoms with Gasteiger partial charge in [0.15, 0.2) is 5.17 Å². The number of carbonyl (C=O) groups excluding carboxylic acids is 2. The van der Waals surface area contributed by atoms with Gasteiger partial charge in [-0.2, -0.15) is 4.99 Å². The molecule has 0 radical (unpaired) electrons. The summed E-state index contributed by atoms with van der Waals surface area (Å²) < 4.78 is 4.94. The monoisotopic (exact) mass is 466 g/mol. The summed E-state index contributed by atoms with van der Waals surface area (Å²) in [6.45, 7) is 0.819. The number of methoxy groups -OCH3 is 1. The van der Waals surface area contributed by atoms with Crippen molar-refractivity contribution >= 4 is 63.0 Å². The number of nitrogens with zero attached hydrogens (tertiary/aromatic N) is 2. The molecular weight excluding hydrogens is 448 g/mol. The molecule has 2 heterocycles. The van der Waals surface area contributed by atoms with Crippen LogP contribution < -0.4 is 10.6 Å². The third kappa shape index (κ3) is 5.16. The molecule has 2 N–H and O–H groups in total. The number of anilines is 1. The number of nitrogens with one attached hydrogen (secondary N) is 2. The first-order valence-corrected chi connectivity index (χ1v) is 10.9. The number of thioether (sulfide) groups is 1. The van der Waals surface area contributed by atoms with Crippen molar-refractivity contribution in [3.8, 4) is 0 Å². The summed E-state index contributed by atoms with van der Waals surface area (Å²) >= 11 is 7.49. The van der Waals surface area contributed by atoms with Crippen molar-refractivity contribution in [1.29, 1.82) is 0 Å². The van der Waals surface area contributed by atoms with Crippen LogP contribution in [-0.2, 0) is 9.53 Å². The Kier molecular flexibility index (Phi) is 6.84. The molecule has 0 aliphatic carbocycles. The highest BCUT2D eigenvalue weighted by atomic mass is 35.5. The smallest absolute Gasteiger partial charge is 0.286 e. The van der Waals surface area contributed by atoms with Gasteiger partial charge in [0, 0.05) is 30.8 Å². The summed E-state index contributed by atoms with van der Waals surface area (Å²) in [7, 11) is 1.57. The molecule has 2 amide bonds. The molecule has 4 rings (SSSR count). The normalized spacial score (nSPS) is 14.6. The maximum atomic E-state index is 12.4. The molecule has 0 atom stereocenters. The van der Waals surface area contributed by atoms with Gasteiger partial charge in [-0.25, -0.2) is 0 Å². The number of rotatable bonds is 6. The van der Waals surface area contributed by atoms with E-state index in [0.717, 1.165) is 16.5 Å². The highest BCUT2D eigenvalue weighted by Gasteiger charge is 2.23. The molecule has 162 valence electrons. The predicted octanol–water partition coefficient (Wildman–Crippen LogP) is 4.35. The van der Waals surface area contributed by atoms with Gasteiger partial charge in [0.25, 0.3) is 11.8 Å². The number of fused-ring (bicyclic) bond motifs is 1. The number of benzene rings is 2. The van der Waals surface area contributed by atoms with Gasteiger partial charge >= 0.3 is 0 Å². The van der Waals surface area contributed by atoms with E-state index in [9.17, 15) is 9.59 Å². The fourth-order valence-corrected chi connectivity index (χ4v) is 4.03. The Morgan fingerprint density at radius 1 is 1.22 bits per heavy atom. The standard InChI is InChI=1S/C23H19ClN4O3S/c1-31-10-9-26-21(29)16-5-6-17(24)19(13-16)27-23-28-22(30)20(32-23)12-14-4-7-18-15(11-14)3-2-8-25-18/h2-8,11-13H,9-10H2,1H3,(H,26,29)(H,27,28,30). The molecule has 2 aromatic carbocycles. The largest absolute Gasteiger partial charge is 0.383 e. The summed E-state index contributed by atoms with van der Waals surface area (Å²) in [5.74, 6) is -0.585. The molecule has 0 spiro atoms. The average molecular weight is 467 g/mol. The molecule has 1 aromatic heterocycles. The maximum Gasteiger partial charge on any atom is 0.286 e. The van der Waals surface area contributed by atoms with Crippen LogP contribution >= 0.6 is 23.4 Å². The van der Waals surface area contributed by atoms with Crippen LogP contribution in [0.4, 0.5) is 5.69 Å². The van der Waals surface area contributed by atoms with Crippen molar-refractivity contribution in [2.75, 3.05) is 25.6 Å². The Labute approximate surface area is 193 Å². The van der Waals surface area contributed by atoms with Gasteiger partial charge in [-0.05, 0) is 59.8 Å². The topological polar surface area (TPSA) is 92.7 Å². The van der Waals surface area contributed by atoms with Crippen LogP contribution in [0.3, 0.4) is 0 Å². The molecule has 32 heavy (non-hydrogen) atoms. The second kappa shape index (κ2) is 9.95.